The Morgan fingerprint density at radius 3 is 2.84 bits per heavy atom. The van der Waals surface area contributed by atoms with Gasteiger partial charge in [0.25, 0.3) is 0 Å². The third kappa shape index (κ3) is 3.82. The van der Waals surface area contributed by atoms with E-state index in [2.05, 4.69) is 32.0 Å². The molecule has 0 spiro atoms. The zero-order valence-corrected chi connectivity index (χ0v) is 11.9. The van der Waals surface area contributed by atoms with E-state index in [0.29, 0.717) is 18.3 Å². The molecule has 0 aromatic heterocycles. The zero-order chi connectivity index (χ0) is 13.8. The van der Waals surface area contributed by atoms with Gasteiger partial charge in [0.1, 0.15) is 0 Å². The maximum atomic E-state index is 11.6. The summed E-state index contributed by atoms with van der Waals surface area (Å²) in [5.74, 6) is 0.185. The van der Waals surface area contributed by atoms with Gasteiger partial charge >= 0.3 is 5.97 Å². The second-order valence-corrected chi connectivity index (χ2v) is 6.17. The Labute approximate surface area is 115 Å². The van der Waals surface area contributed by atoms with Gasteiger partial charge in [0.15, 0.2) is 0 Å². The molecule has 0 saturated heterocycles. The van der Waals surface area contributed by atoms with Crippen molar-refractivity contribution in [3.8, 4) is 0 Å². The highest BCUT2D eigenvalue weighted by Gasteiger charge is 2.31. The van der Waals surface area contributed by atoms with E-state index in [1.165, 1.54) is 18.4 Å². The molecule has 1 N–H and O–H groups in total. The first kappa shape index (κ1) is 14.1. The van der Waals surface area contributed by atoms with Crippen LogP contribution in [0.25, 0.3) is 0 Å². The molecule has 1 aromatic rings. The van der Waals surface area contributed by atoms with Gasteiger partial charge in [0, 0.05) is 0 Å². The smallest absolute Gasteiger partial charge is 0.307 e. The fourth-order valence-electron chi connectivity index (χ4n) is 3.40. The van der Waals surface area contributed by atoms with Crippen LogP contribution in [0.5, 0.6) is 0 Å². The Balaban J connectivity index is 2.09. The summed E-state index contributed by atoms with van der Waals surface area (Å²) in [7, 11) is 0. The number of rotatable bonds is 4. The second kappa shape index (κ2) is 6.23. The van der Waals surface area contributed by atoms with Crippen LogP contribution in [0.3, 0.4) is 0 Å². The lowest BCUT2D eigenvalue weighted by Crippen LogP contribution is -2.29. The van der Waals surface area contributed by atoms with E-state index in [9.17, 15) is 9.90 Å². The number of aliphatic carboxylic acids is 1. The van der Waals surface area contributed by atoms with Crippen molar-refractivity contribution in [1.29, 1.82) is 0 Å². The third-order valence-corrected chi connectivity index (χ3v) is 4.40. The molecule has 0 radical (unpaired) electrons. The lowest BCUT2D eigenvalue weighted by Gasteiger charge is -2.31. The van der Waals surface area contributed by atoms with Crippen LogP contribution < -0.4 is 0 Å². The predicted octanol–water partition coefficient (Wildman–Crippen LogP) is 4.06. The summed E-state index contributed by atoms with van der Waals surface area (Å²) in [6, 6.07) is 8.24. The molecule has 1 aromatic carbocycles. The summed E-state index contributed by atoms with van der Waals surface area (Å²) < 4.78 is 0. The normalized spacial score (nSPS) is 24.9. The Morgan fingerprint density at radius 1 is 1.42 bits per heavy atom. The molecule has 1 aliphatic carbocycles. The fraction of sp³-hybridized carbons (Fsp3) is 0.588. The molecule has 3 unspecified atom stereocenters. The first-order chi connectivity index (χ1) is 9.06. The molecule has 0 heterocycles. The molecule has 1 fully saturated rings. The van der Waals surface area contributed by atoms with Crippen LogP contribution in [0.15, 0.2) is 24.3 Å². The lowest BCUT2D eigenvalue weighted by atomic mass is 9.74. The molecule has 2 rings (SSSR count). The van der Waals surface area contributed by atoms with Gasteiger partial charge in [-0.05, 0) is 43.6 Å². The molecule has 2 nitrogen and oxygen atoms in total. The van der Waals surface area contributed by atoms with Crippen LogP contribution in [0.2, 0.25) is 0 Å². The summed E-state index contributed by atoms with van der Waals surface area (Å²) in [4.78, 5) is 11.6. The standard InChI is InChI=1S/C17H24O2/c1-12-5-3-7-14(9-12)11-16(17(18)19)15-8-4-6-13(2)10-15/h3,5,7,9,13,15-16H,4,6,8,10-11H2,1-2H3,(H,18,19). The number of hydrogen-bond donors (Lipinski definition) is 1. The highest BCUT2D eigenvalue weighted by atomic mass is 16.4. The van der Waals surface area contributed by atoms with Crippen LogP contribution in [0, 0.1) is 24.7 Å². The average Bonchev–Trinajstić information content (AvgIpc) is 2.35. The summed E-state index contributed by atoms with van der Waals surface area (Å²) in [6.07, 6.45) is 5.26. The molecule has 1 aliphatic rings. The number of carbonyl (C=O) groups is 1. The first-order valence-corrected chi connectivity index (χ1v) is 7.34. The van der Waals surface area contributed by atoms with Crippen LogP contribution in [0.4, 0.5) is 0 Å². The highest BCUT2D eigenvalue weighted by molar-refractivity contribution is 5.70. The Hall–Kier alpha value is -1.31. The zero-order valence-electron chi connectivity index (χ0n) is 11.9. The van der Waals surface area contributed by atoms with Crippen molar-refractivity contribution >= 4 is 5.97 Å². The van der Waals surface area contributed by atoms with Gasteiger partial charge < -0.3 is 5.11 Å². The minimum absolute atomic E-state index is 0.218. The first-order valence-electron chi connectivity index (χ1n) is 7.34. The topological polar surface area (TPSA) is 37.3 Å². The van der Waals surface area contributed by atoms with E-state index in [1.807, 2.05) is 6.07 Å². The minimum atomic E-state index is -0.624. The van der Waals surface area contributed by atoms with Crippen LogP contribution in [-0.2, 0) is 11.2 Å². The SMILES string of the molecule is Cc1cccc(CC(C(=O)O)C2CCCC(C)C2)c1. The van der Waals surface area contributed by atoms with E-state index in [4.69, 9.17) is 0 Å². The molecule has 19 heavy (non-hydrogen) atoms. The van der Waals surface area contributed by atoms with E-state index in [0.717, 1.165) is 18.4 Å². The van der Waals surface area contributed by atoms with Gasteiger partial charge in [-0.3, -0.25) is 4.79 Å². The van der Waals surface area contributed by atoms with Gasteiger partial charge in [0.05, 0.1) is 5.92 Å². The second-order valence-electron chi connectivity index (χ2n) is 6.17. The molecular weight excluding hydrogens is 236 g/mol. The quantitative estimate of drug-likeness (QED) is 0.886. The monoisotopic (exact) mass is 260 g/mol. The number of benzene rings is 1. The molecular formula is C17H24O2. The summed E-state index contributed by atoms with van der Waals surface area (Å²) in [5, 5.41) is 9.54. The lowest BCUT2D eigenvalue weighted by molar-refractivity contribution is -0.144. The highest BCUT2D eigenvalue weighted by Crippen LogP contribution is 2.35. The molecule has 0 bridgehead atoms. The Kier molecular flexibility index (Phi) is 4.62. The number of aryl methyl sites for hydroxylation is 1. The fourth-order valence-corrected chi connectivity index (χ4v) is 3.40. The van der Waals surface area contributed by atoms with E-state index in [1.54, 1.807) is 0 Å². The molecule has 104 valence electrons. The van der Waals surface area contributed by atoms with Gasteiger partial charge in [-0.1, -0.05) is 49.6 Å². The van der Waals surface area contributed by atoms with Gasteiger partial charge in [-0.2, -0.15) is 0 Å². The number of hydrogen-bond acceptors (Lipinski definition) is 1. The van der Waals surface area contributed by atoms with Crippen LogP contribution in [0.1, 0.15) is 43.7 Å². The van der Waals surface area contributed by atoms with Crippen molar-refractivity contribution < 1.29 is 9.90 Å². The predicted molar refractivity (Wildman–Crippen MR) is 77.1 cm³/mol. The molecule has 0 aliphatic heterocycles. The summed E-state index contributed by atoms with van der Waals surface area (Å²) in [6.45, 7) is 4.31. The molecule has 0 amide bonds. The van der Waals surface area contributed by atoms with E-state index < -0.39 is 5.97 Å². The summed E-state index contributed by atoms with van der Waals surface area (Å²) >= 11 is 0. The maximum absolute atomic E-state index is 11.6. The Bertz CT molecular complexity index is 439. The van der Waals surface area contributed by atoms with E-state index >= 15 is 0 Å². The van der Waals surface area contributed by atoms with Crippen LogP contribution in [-0.4, -0.2) is 11.1 Å². The molecule has 1 saturated carbocycles. The Morgan fingerprint density at radius 2 is 2.21 bits per heavy atom. The van der Waals surface area contributed by atoms with Crippen molar-refractivity contribution in [2.24, 2.45) is 17.8 Å². The van der Waals surface area contributed by atoms with Gasteiger partial charge in [0.2, 0.25) is 0 Å². The van der Waals surface area contributed by atoms with Crippen molar-refractivity contribution in [2.45, 2.75) is 46.0 Å². The third-order valence-electron chi connectivity index (χ3n) is 4.40. The van der Waals surface area contributed by atoms with E-state index in [-0.39, 0.29) is 5.92 Å². The van der Waals surface area contributed by atoms with Crippen molar-refractivity contribution in [2.75, 3.05) is 0 Å². The van der Waals surface area contributed by atoms with Gasteiger partial charge in [-0.15, -0.1) is 0 Å². The van der Waals surface area contributed by atoms with Crippen LogP contribution >= 0.6 is 0 Å². The average molecular weight is 260 g/mol. The number of carboxylic acids is 1. The van der Waals surface area contributed by atoms with Gasteiger partial charge in [-0.25, -0.2) is 0 Å². The largest absolute Gasteiger partial charge is 0.481 e. The van der Waals surface area contributed by atoms with Crippen molar-refractivity contribution in [1.82, 2.24) is 0 Å². The molecule has 3 atom stereocenters. The number of carboxylic acid groups (broad SMARTS) is 1. The van der Waals surface area contributed by atoms with Crippen molar-refractivity contribution in [3.63, 3.8) is 0 Å². The minimum Gasteiger partial charge on any atom is -0.481 e. The maximum Gasteiger partial charge on any atom is 0.307 e. The van der Waals surface area contributed by atoms with Crippen molar-refractivity contribution in [3.05, 3.63) is 35.4 Å². The summed E-state index contributed by atoms with van der Waals surface area (Å²) in [5.41, 5.74) is 2.37. The molecule has 2 heteroatoms.